The number of nitrogens with two attached hydrogens (primary N) is 1. The number of nitrogens with zero attached hydrogens (tertiary/aromatic N) is 2. The first-order chi connectivity index (χ1) is 9.04. The van der Waals surface area contributed by atoms with Crippen molar-refractivity contribution in [3.63, 3.8) is 0 Å². The van der Waals surface area contributed by atoms with Crippen LogP contribution in [0.2, 0.25) is 5.02 Å². The number of rotatable bonds is 4. The van der Waals surface area contributed by atoms with E-state index in [9.17, 15) is 4.79 Å². The Kier molecular flexibility index (Phi) is 4.44. The first-order valence-electron chi connectivity index (χ1n) is 5.57. The van der Waals surface area contributed by atoms with Crippen molar-refractivity contribution in [3.8, 4) is 0 Å². The number of nitrogens with one attached hydrogen (secondary N) is 1. The fourth-order valence-electron chi connectivity index (χ4n) is 1.53. The number of carbonyl (C=O) groups excluding carboxylic acids is 1. The van der Waals surface area contributed by atoms with Gasteiger partial charge in [-0.2, -0.15) is 5.10 Å². The number of hydrogen-bond acceptors (Lipinski definition) is 3. The van der Waals surface area contributed by atoms with Gasteiger partial charge in [-0.3, -0.25) is 9.48 Å². The normalized spacial score (nSPS) is 10.4. The second-order valence-electron chi connectivity index (χ2n) is 3.95. The average molecular weight is 344 g/mol. The zero-order valence-corrected chi connectivity index (χ0v) is 12.3. The summed E-state index contributed by atoms with van der Waals surface area (Å²) in [6, 6.07) is 4.95. The molecule has 0 unspecified atom stereocenters. The molecule has 0 saturated heterocycles. The molecule has 5 nitrogen and oxygen atoms in total. The topological polar surface area (TPSA) is 72.9 Å². The second kappa shape index (κ2) is 6.08. The molecule has 19 heavy (non-hydrogen) atoms. The van der Waals surface area contributed by atoms with E-state index in [1.165, 1.54) is 0 Å². The fourth-order valence-corrected chi connectivity index (χ4v) is 2.03. The number of hydrogen-bond donors (Lipinski definition) is 2. The van der Waals surface area contributed by atoms with E-state index in [4.69, 9.17) is 17.3 Å². The highest BCUT2D eigenvalue weighted by atomic mass is 79.9. The lowest BCUT2D eigenvalue weighted by atomic mass is 10.2. The van der Waals surface area contributed by atoms with E-state index >= 15 is 0 Å². The first kappa shape index (κ1) is 13.9. The zero-order chi connectivity index (χ0) is 13.8. The molecule has 0 aliphatic carbocycles. The van der Waals surface area contributed by atoms with Gasteiger partial charge in [-0.1, -0.05) is 11.6 Å². The Labute approximate surface area is 123 Å². The lowest BCUT2D eigenvalue weighted by molar-refractivity contribution is -0.116. The number of aryl methyl sites for hydroxylation is 1. The van der Waals surface area contributed by atoms with Crippen LogP contribution in [0.1, 0.15) is 6.42 Å². The summed E-state index contributed by atoms with van der Waals surface area (Å²) in [4.78, 5) is 11.8. The molecule has 0 saturated carbocycles. The Bertz CT molecular complexity index is 599. The van der Waals surface area contributed by atoms with E-state index in [1.54, 1.807) is 35.3 Å². The molecule has 0 bridgehead atoms. The maximum Gasteiger partial charge on any atom is 0.226 e. The Balaban J connectivity index is 1.92. The fraction of sp³-hybridized carbons (Fsp3) is 0.167. The van der Waals surface area contributed by atoms with Crippen molar-refractivity contribution in [2.24, 2.45) is 0 Å². The summed E-state index contributed by atoms with van der Waals surface area (Å²) in [5.41, 5.74) is 6.76. The predicted octanol–water partition coefficient (Wildman–Crippen LogP) is 2.91. The van der Waals surface area contributed by atoms with Crippen LogP contribution in [0.25, 0.3) is 0 Å². The van der Waals surface area contributed by atoms with Gasteiger partial charge in [-0.25, -0.2) is 0 Å². The maximum absolute atomic E-state index is 11.8. The molecule has 3 N–H and O–H groups in total. The van der Waals surface area contributed by atoms with Gasteiger partial charge in [0.05, 0.1) is 22.0 Å². The van der Waals surface area contributed by atoms with Crippen LogP contribution in [0.5, 0.6) is 0 Å². The van der Waals surface area contributed by atoms with Gasteiger partial charge < -0.3 is 11.1 Å². The molecule has 7 heteroatoms. The number of nitrogen functional groups attached to an aromatic ring is 1. The Morgan fingerprint density at radius 3 is 3.00 bits per heavy atom. The van der Waals surface area contributed by atoms with E-state index in [2.05, 4.69) is 26.3 Å². The lowest BCUT2D eigenvalue weighted by Gasteiger charge is -2.08. The minimum Gasteiger partial charge on any atom is -0.397 e. The molecule has 1 aromatic carbocycles. The summed E-state index contributed by atoms with van der Waals surface area (Å²) in [6.45, 7) is 0.498. The molecule has 0 fully saturated rings. The lowest BCUT2D eigenvalue weighted by Crippen LogP contribution is -2.15. The highest BCUT2D eigenvalue weighted by molar-refractivity contribution is 9.10. The molecule has 0 atom stereocenters. The number of benzene rings is 1. The molecular weight excluding hydrogens is 332 g/mol. The molecular formula is C12H12BrClN4O. The standard InChI is InChI=1S/C12H12BrClN4O/c13-8-6-16-18(7-8)4-3-12(19)17-11-5-9(14)1-2-10(11)15/h1-2,5-7H,3-4,15H2,(H,17,19). The number of halogens is 2. The third kappa shape index (κ3) is 3.97. The maximum atomic E-state index is 11.8. The van der Waals surface area contributed by atoms with E-state index in [-0.39, 0.29) is 5.91 Å². The molecule has 1 amide bonds. The predicted molar refractivity (Wildman–Crippen MR) is 79.0 cm³/mol. The van der Waals surface area contributed by atoms with E-state index in [0.29, 0.717) is 29.4 Å². The molecule has 100 valence electrons. The molecule has 1 aromatic heterocycles. The third-order valence-electron chi connectivity index (χ3n) is 2.46. The monoisotopic (exact) mass is 342 g/mol. The van der Waals surface area contributed by atoms with E-state index in [0.717, 1.165) is 4.47 Å². The van der Waals surface area contributed by atoms with Gasteiger partial charge in [0.2, 0.25) is 5.91 Å². The van der Waals surface area contributed by atoms with Gasteiger partial charge in [-0.05, 0) is 34.1 Å². The summed E-state index contributed by atoms with van der Waals surface area (Å²) >= 11 is 9.15. The van der Waals surface area contributed by atoms with Crippen molar-refractivity contribution in [3.05, 3.63) is 40.1 Å². The van der Waals surface area contributed by atoms with E-state index < -0.39 is 0 Å². The summed E-state index contributed by atoms with van der Waals surface area (Å²) in [6.07, 6.45) is 3.79. The summed E-state index contributed by atoms with van der Waals surface area (Å²) in [5.74, 6) is -0.138. The van der Waals surface area contributed by atoms with Crippen LogP contribution in [0.15, 0.2) is 35.1 Å². The molecule has 0 aliphatic rings. The minimum absolute atomic E-state index is 0.138. The SMILES string of the molecule is Nc1ccc(Cl)cc1NC(=O)CCn1cc(Br)cn1. The Morgan fingerprint density at radius 1 is 1.53 bits per heavy atom. The van der Waals surface area contributed by atoms with Gasteiger partial charge in [0.25, 0.3) is 0 Å². The first-order valence-corrected chi connectivity index (χ1v) is 6.74. The summed E-state index contributed by atoms with van der Waals surface area (Å²) in [5, 5.41) is 7.33. The highest BCUT2D eigenvalue weighted by Crippen LogP contribution is 2.23. The van der Waals surface area contributed by atoms with Crippen molar-refractivity contribution in [2.75, 3.05) is 11.1 Å². The molecule has 0 radical (unpaired) electrons. The Morgan fingerprint density at radius 2 is 2.32 bits per heavy atom. The van der Waals surface area contributed by atoms with E-state index in [1.807, 2.05) is 0 Å². The second-order valence-corrected chi connectivity index (χ2v) is 5.30. The van der Waals surface area contributed by atoms with Gasteiger partial charge in [0.15, 0.2) is 0 Å². The van der Waals surface area contributed by atoms with Crippen LogP contribution in [0.4, 0.5) is 11.4 Å². The van der Waals surface area contributed by atoms with Crippen molar-refractivity contribution < 1.29 is 4.79 Å². The molecule has 2 rings (SSSR count). The number of aromatic nitrogens is 2. The smallest absolute Gasteiger partial charge is 0.226 e. The van der Waals surface area contributed by atoms with Crippen LogP contribution >= 0.6 is 27.5 Å². The van der Waals surface area contributed by atoms with Crippen molar-refractivity contribution in [1.82, 2.24) is 9.78 Å². The number of anilines is 2. The van der Waals surface area contributed by atoms with Crippen LogP contribution < -0.4 is 11.1 Å². The van der Waals surface area contributed by atoms with Crippen LogP contribution in [0.3, 0.4) is 0 Å². The Hall–Kier alpha value is -1.53. The third-order valence-corrected chi connectivity index (χ3v) is 3.10. The average Bonchev–Trinajstić information content (AvgIpc) is 2.77. The largest absolute Gasteiger partial charge is 0.397 e. The van der Waals surface area contributed by atoms with Gasteiger partial charge >= 0.3 is 0 Å². The van der Waals surface area contributed by atoms with Gasteiger partial charge in [0.1, 0.15) is 0 Å². The zero-order valence-electron chi connectivity index (χ0n) is 9.94. The molecule has 2 aromatic rings. The van der Waals surface area contributed by atoms with Crippen molar-refractivity contribution >= 4 is 44.8 Å². The highest BCUT2D eigenvalue weighted by Gasteiger charge is 2.06. The van der Waals surface area contributed by atoms with Crippen LogP contribution in [-0.2, 0) is 11.3 Å². The van der Waals surface area contributed by atoms with Gasteiger partial charge in [0, 0.05) is 24.2 Å². The van der Waals surface area contributed by atoms with Crippen molar-refractivity contribution in [2.45, 2.75) is 13.0 Å². The van der Waals surface area contributed by atoms with Crippen LogP contribution in [-0.4, -0.2) is 15.7 Å². The number of carbonyl (C=O) groups is 1. The quantitative estimate of drug-likeness (QED) is 0.838. The molecule has 0 spiro atoms. The van der Waals surface area contributed by atoms with Crippen molar-refractivity contribution in [1.29, 1.82) is 0 Å². The molecule has 1 heterocycles. The van der Waals surface area contributed by atoms with Crippen LogP contribution in [0, 0.1) is 0 Å². The van der Waals surface area contributed by atoms with Gasteiger partial charge in [-0.15, -0.1) is 0 Å². The molecule has 0 aliphatic heterocycles. The summed E-state index contributed by atoms with van der Waals surface area (Å²) in [7, 11) is 0. The minimum atomic E-state index is -0.138. The summed E-state index contributed by atoms with van der Waals surface area (Å²) < 4.78 is 2.57. The number of amides is 1.